The van der Waals surface area contributed by atoms with E-state index in [0.717, 1.165) is 0 Å². The molecule has 1 saturated heterocycles. The number of halogens is 5. The summed E-state index contributed by atoms with van der Waals surface area (Å²) in [6, 6.07) is 4.11. The monoisotopic (exact) mass is 356 g/mol. The van der Waals surface area contributed by atoms with E-state index in [9.17, 15) is 22.4 Å². The van der Waals surface area contributed by atoms with Crippen molar-refractivity contribution < 1.29 is 27.1 Å². The van der Waals surface area contributed by atoms with E-state index < -0.39 is 29.7 Å². The summed E-state index contributed by atoms with van der Waals surface area (Å²) in [5.41, 5.74) is 0.446. The molecule has 9 heteroatoms. The lowest BCUT2D eigenvalue weighted by molar-refractivity contribution is -0.182. The van der Waals surface area contributed by atoms with E-state index >= 15 is 0 Å². The third kappa shape index (κ3) is 4.71. The largest absolute Gasteiger partial charge is 0.494 e. The van der Waals surface area contributed by atoms with Crippen LogP contribution >= 0.6 is 12.4 Å². The molecular formula is C14H17ClF4N2O2. The fourth-order valence-electron chi connectivity index (χ4n) is 2.44. The van der Waals surface area contributed by atoms with Crippen molar-refractivity contribution in [3.8, 4) is 5.75 Å². The molecular weight excluding hydrogens is 340 g/mol. The molecule has 1 aliphatic heterocycles. The molecule has 0 unspecified atom stereocenters. The second-order valence-corrected chi connectivity index (χ2v) is 5.10. The zero-order valence-corrected chi connectivity index (χ0v) is 13.1. The Morgan fingerprint density at radius 2 is 2.09 bits per heavy atom. The van der Waals surface area contributed by atoms with Gasteiger partial charge in [-0.25, -0.2) is 4.39 Å². The van der Waals surface area contributed by atoms with Gasteiger partial charge in [0.2, 0.25) is 5.91 Å². The molecule has 0 bridgehead atoms. The quantitative estimate of drug-likeness (QED) is 0.814. The fraction of sp³-hybridized carbons (Fsp3) is 0.500. The predicted molar refractivity (Wildman–Crippen MR) is 78.0 cm³/mol. The SMILES string of the molecule is COc1ccc(CNC(=O)[C@@H]2CNC[C@H]2C(F)(F)F)cc1F.Cl. The van der Waals surface area contributed by atoms with Crippen molar-refractivity contribution in [2.75, 3.05) is 20.2 Å². The van der Waals surface area contributed by atoms with Crippen LogP contribution in [0, 0.1) is 17.7 Å². The van der Waals surface area contributed by atoms with Crippen molar-refractivity contribution in [3.63, 3.8) is 0 Å². The summed E-state index contributed by atoms with van der Waals surface area (Å²) in [6.07, 6.45) is -4.42. The van der Waals surface area contributed by atoms with Gasteiger partial charge in [-0.2, -0.15) is 13.2 Å². The van der Waals surface area contributed by atoms with Crippen LogP contribution in [0.1, 0.15) is 5.56 Å². The summed E-state index contributed by atoms with van der Waals surface area (Å²) in [5, 5.41) is 5.00. The van der Waals surface area contributed by atoms with Crippen molar-refractivity contribution >= 4 is 18.3 Å². The topological polar surface area (TPSA) is 50.4 Å². The van der Waals surface area contributed by atoms with Crippen LogP contribution < -0.4 is 15.4 Å². The summed E-state index contributed by atoms with van der Waals surface area (Å²) in [4.78, 5) is 11.9. The predicted octanol–water partition coefficient (Wildman–Crippen LogP) is 2.27. The van der Waals surface area contributed by atoms with E-state index in [2.05, 4.69) is 10.6 Å². The molecule has 1 amide bonds. The Labute approximate surface area is 137 Å². The molecule has 2 rings (SSSR count). The lowest BCUT2D eigenvalue weighted by Gasteiger charge is -2.20. The Balaban J connectivity index is 0.00000264. The number of rotatable bonds is 4. The highest BCUT2D eigenvalue weighted by molar-refractivity contribution is 5.85. The Kier molecular flexibility index (Phi) is 6.64. The number of hydrogen-bond acceptors (Lipinski definition) is 3. The van der Waals surface area contributed by atoms with Gasteiger partial charge in [-0.05, 0) is 17.7 Å². The standard InChI is InChI=1S/C14H16F4N2O2.ClH/c1-22-12-3-2-8(4-11(12)15)5-20-13(21)9-6-19-7-10(9)14(16,17)18;/h2-4,9-10,19H,5-7H2,1H3,(H,20,21);1H/t9-,10-;/m1./s1. The second kappa shape index (κ2) is 7.83. The summed E-state index contributed by atoms with van der Waals surface area (Å²) in [5.74, 6) is -4.08. The Morgan fingerprint density at radius 3 is 2.65 bits per heavy atom. The van der Waals surface area contributed by atoms with Crippen LogP contribution in [0.25, 0.3) is 0 Å². The number of nitrogens with one attached hydrogen (secondary N) is 2. The minimum atomic E-state index is -4.42. The molecule has 1 aliphatic rings. The summed E-state index contributed by atoms with van der Waals surface area (Å²) >= 11 is 0. The van der Waals surface area contributed by atoms with Crippen LogP contribution in [0.5, 0.6) is 5.75 Å². The van der Waals surface area contributed by atoms with Crippen LogP contribution in [0.15, 0.2) is 18.2 Å². The minimum Gasteiger partial charge on any atom is -0.494 e. The first-order valence-electron chi connectivity index (χ1n) is 6.70. The van der Waals surface area contributed by atoms with Crippen LogP contribution in [-0.4, -0.2) is 32.3 Å². The maximum atomic E-state index is 13.5. The van der Waals surface area contributed by atoms with E-state index in [4.69, 9.17) is 4.74 Å². The zero-order valence-electron chi connectivity index (χ0n) is 12.2. The number of amides is 1. The molecule has 23 heavy (non-hydrogen) atoms. The lowest BCUT2D eigenvalue weighted by Crippen LogP contribution is -2.39. The first-order chi connectivity index (χ1) is 10.3. The van der Waals surface area contributed by atoms with Crippen molar-refractivity contribution in [2.24, 2.45) is 11.8 Å². The molecule has 130 valence electrons. The average Bonchev–Trinajstić information content (AvgIpc) is 2.94. The molecule has 0 saturated carbocycles. The van der Waals surface area contributed by atoms with Gasteiger partial charge in [0.15, 0.2) is 11.6 Å². The van der Waals surface area contributed by atoms with Crippen molar-refractivity contribution in [1.29, 1.82) is 0 Å². The number of ether oxygens (including phenoxy) is 1. The normalized spacial score (nSPS) is 20.7. The van der Waals surface area contributed by atoms with Crippen LogP contribution in [-0.2, 0) is 11.3 Å². The van der Waals surface area contributed by atoms with E-state index in [0.29, 0.717) is 5.56 Å². The molecule has 0 aliphatic carbocycles. The lowest BCUT2D eigenvalue weighted by atomic mass is 9.94. The molecule has 1 fully saturated rings. The average molecular weight is 357 g/mol. The first-order valence-corrected chi connectivity index (χ1v) is 6.70. The van der Waals surface area contributed by atoms with E-state index in [-0.39, 0.29) is 37.8 Å². The number of carbonyl (C=O) groups excluding carboxylic acids is 1. The Bertz CT molecular complexity index is 554. The fourth-order valence-corrected chi connectivity index (χ4v) is 2.44. The van der Waals surface area contributed by atoms with Crippen LogP contribution in [0.3, 0.4) is 0 Å². The Morgan fingerprint density at radius 1 is 1.39 bits per heavy atom. The van der Waals surface area contributed by atoms with Crippen LogP contribution in [0.4, 0.5) is 17.6 Å². The second-order valence-electron chi connectivity index (χ2n) is 5.10. The van der Waals surface area contributed by atoms with Gasteiger partial charge in [0.25, 0.3) is 0 Å². The maximum absolute atomic E-state index is 13.5. The van der Waals surface area contributed by atoms with Gasteiger partial charge in [-0.15, -0.1) is 12.4 Å². The molecule has 0 spiro atoms. The highest BCUT2D eigenvalue weighted by Crippen LogP contribution is 2.34. The molecule has 1 aromatic rings. The van der Waals surface area contributed by atoms with E-state index in [1.165, 1.54) is 25.3 Å². The number of benzene rings is 1. The molecule has 1 aromatic carbocycles. The van der Waals surface area contributed by atoms with Gasteiger partial charge in [0.05, 0.1) is 18.9 Å². The highest BCUT2D eigenvalue weighted by atomic mass is 35.5. The summed E-state index contributed by atoms with van der Waals surface area (Å²) in [6.45, 7) is -0.327. The van der Waals surface area contributed by atoms with Gasteiger partial charge in [-0.1, -0.05) is 6.07 Å². The highest BCUT2D eigenvalue weighted by Gasteiger charge is 2.49. The molecule has 2 atom stereocenters. The van der Waals surface area contributed by atoms with E-state index in [1.807, 2.05) is 0 Å². The summed E-state index contributed by atoms with van der Waals surface area (Å²) < 4.78 is 56.6. The van der Waals surface area contributed by atoms with Gasteiger partial charge in [0.1, 0.15) is 0 Å². The van der Waals surface area contributed by atoms with E-state index in [1.54, 1.807) is 0 Å². The zero-order chi connectivity index (χ0) is 16.3. The van der Waals surface area contributed by atoms with Crippen molar-refractivity contribution in [3.05, 3.63) is 29.6 Å². The summed E-state index contributed by atoms with van der Waals surface area (Å²) in [7, 11) is 1.32. The van der Waals surface area contributed by atoms with Crippen LogP contribution in [0.2, 0.25) is 0 Å². The number of hydrogen-bond donors (Lipinski definition) is 2. The maximum Gasteiger partial charge on any atom is 0.393 e. The van der Waals surface area contributed by atoms with Gasteiger partial charge in [0, 0.05) is 19.6 Å². The van der Waals surface area contributed by atoms with Gasteiger partial charge >= 0.3 is 6.18 Å². The molecule has 0 radical (unpaired) electrons. The van der Waals surface area contributed by atoms with Crippen molar-refractivity contribution in [2.45, 2.75) is 12.7 Å². The smallest absolute Gasteiger partial charge is 0.393 e. The third-order valence-electron chi connectivity index (χ3n) is 3.65. The van der Waals surface area contributed by atoms with Crippen molar-refractivity contribution in [1.82, 2.24) is 10.6 Å². The number of alkyl halides is 3. The first kappa shape index (κ1) is 19.5. The van der Waals surface area contributed by atoms with Gasteiger partial charge < -0.3 is 15.4 Å². The van der Waals surface area contributed by atoms with Gasteiger partial charge in [-0.3, -0.25) is 4.79 Å². The number of methoxy groups -OCH3 is 1. The molecule has 0 aromatic heterocycles. The Hall–Kier alpha value is -1.54. The molecule has 1 heterocycles. The third-order valence-corrected chi connectivity index (χ3v) is 3.65. The molecule has 2 N–H and O–H groups in total. The molecule has 4 nitrogen and oxygen atoms in total. The minimum absolute atomic E-state index is 0. The number of carbonyl (C=O) groups is 1.